The molecular formula is C14H20N2O4. The van der Waals surface area contributed by atoms with Crippen LogP contribution >= 0.6 is 0 Å². The molecule has 0 radical (unpaired) electrons. The summed E-state index contributed by atoms with van der Waals surface area (Å²) in [6.07, 6.45) is 5.26. The molecule has 1 aromatic heterocycles. The van der Waals surface area contributed by atoms with Gasteiger partial charge in [0.05, 0.1) is 12.8 Å². The van der Waals surface area contributed by atoms with Crippen molar-refractivity contribution in [3.8, 4) is 0 Å². The van der Waals surface area contributed by atoms with Gasteiger partial charge in [-0.1, -0.05) is 12.8 Å². The van der Waals surface area contributed by atoms with Crippen LogP contribution in [-0.4, -0.2) is 31.5 Å². The third kappa shape index (κ3) is 3.84. The van der Waals surface area contributed by atoms with Gasteiger partial charge in [-0.25, -0.2) is 0 Å². The molecule has 1 fully saturated rings. The molecule has 20 heavy (non-hydrogen) atoms. The molecule has 6 heteroatoms. The van der Waals surface area contributed by atoms with E-state index < -0.39 is 17.9 Å². The van der Waals surface area contributed by atoms with Crippen molar-refractivity contribution in [2.75, 3.05) is 13.7 Å². The summed E-state index contributed by atoms with van der Waals surface area (Å²) < 4.78 is 10.4. The minimum atomic E-state index is -0.634. The van der Waals surface area contributed by atoms with Crippen molar-refractivity contribution in [3.05, 3.63) is 24.2 Å². The van der Waals surface area contributed by atoms with E-state index in [1.165, 1.54) is 13.4 Å². The first-order valence-electron chi connectivity index (χ1n) is 6.85. The fourth-order valence-electron chi connectivity index (χ4n) is 2.36. The van der Waals surface area contributed by atoms with E-state index in [1.54, 1.807) is 12.1 Å². The van der Waals surface area contributed by atoms with Gasteiger partial charge >= 0.3 is 11.8 Å². The largest absolute Gasteiger partial charge is 0.467 e. The Morgan fingerprint density at radius 3 is 2.75 bits per heavy atom. The molecule has 2 N–H and O–H groups in total. The Kier molecular flexibility index (Phi) is 5.17. The van der Waals surface area contributed by atoms with E-state index in [0.717, 1.165) is 25.7 Å². The Morgan fingerprint density at radius 1 is 1.40 bits per heavy atom. The molecular weight excluding hydrogens is 260 g/mol. The number of hydrogen-bond acceptors (Lipinski definition) is 4. The lowest BCUT2D eigenvalue weighted by Crippen LogP contribution is -2.44. The van der Waals surface area contributed by atoms with Gasteiger partial charge in [0.2, 0.25) is 0 Å². The number of hydrogen-bond donors (Lipinski definition) is 2. The quantitative estimate of drug-likeness (QED) is 0.793. The lowest BCUT2D eigenvalue weighted by molar-refractivity contribution is -0.140. The zero-order valence-corrected chi connectivity index (χ0v) is 11.6. The van der Waals surface area contributed by atoms with E-state index in [-0.39, 0.29) is 12.6 Å². The van der Waals surface area contributed by atoms with Crippen molar-refractivity contribution >= 4 is 11.8 Å². The van der Waals surface area contributed by atoms with Crippen LogP contribution in [0.3, 0.4) is 0 Å². The fourth-order valence-corrected chi connectivity index (χ4v) is 2.36. The SMILES string of the molecule is COC(CNC(=O)C(=O)NC1CCCC1)c1ccco1. The second-order valence-corrected chi connectivity index (χ2v) is 4.90. The summed E-state index contributed by atoms with van der Waals surface area (Å²) in [7, 11) is 1.53. The van der Waals surface area contributed by atoms with Crippen LogP contribution in [0.1, 0.15) is 37.5 Å². The van der Waals surface area contributed by atoms with E-state index in [1.807, 2.05) is 0 Å². The number of rotatable bonds is 5. The molecule has 2 rings (SSSR count). The van der Waals surface area contributed by atoms with Crippen LogP contribution in [0.25, 0.3) is 0 Å². The van der Waals surface area contributed by atoms with Crippen LogP contribution in [0.2, 0.25) is 0 Å². The van der Waals surface area contributed by atoms with E-state index in [4.69, 9.17) is 9.15 Å². The predicted molar refractivity (Wildman–Crippen MR) is 71.9 cm³/mol. The van der Waals surface area contributed by atoms with Gasteiger partial charge in [-0.15, -0.1) is 0 Å². The Balaban J connectivity index is 1.77. The van der Waals surface area contributed by atoms with Crippen LogP contribution < -0.4 is 10.6 Å². The average Bonchev–Trinajstić information content (AvgIpc) is 3.12. The number of nitrogens with one attached hydrogen (secondary N) is 2. The van der Waals surface area contributed by atoms with Gasteiger partial charge in [-0.3, -0.25) is 9.59 Å². The summed E-state index contributed by atoms with van der Waals surface area (Å²) in [5.41, 5.74) is 0. The number of methoxy groups -OCH3 is 1. The highest BCUT2D eigenvalue weighted by Crippen LogP contribution is 2.17. The minimum absolute atomic E-state index is 0.136. The third-order valence-corrected chi connectivity index (χ3v) is 3.49. The van der Waals surface area contributed by atoms with E-state index in [9.17, 15) is 9.59 Å². The number of ether oxygens (including phenoxy) is 1. The highest BCUT2D eigenvalue weighted by atomic mass is 16.5. The zero-order valence-electron chi connectivity index (χ0n) is 11.6. The third-order valence-electron chi connectivity index (χ3n) is 3.49. The van der Waals surface area contributed by atoms with E-state index >= 15 is 0 Å². The van der Waals surface area contributed by atoms with Crippen molar-refractivity contribution in [1.82, 2.24) is 10.6 Å². The molecule has 2 amide bonds. The highest BCUT2D eigenvalue weighted by molar-refractivity contribution is 6.35. The van der Waals surface area contributed by atoms with Crippen molar-refractivity contribution < 1.29 is 18.7 Å². The summed E-state index contributed by atoms with van der Waals surface area (Å²) in [5.74, 6) is -0.597. The van der Waals surface area contributed by atoms with Crippen molar-refractivity contribution in [2.24, 2.45) is 0 Å². The van der Waals surface area contributed by atoms with Crippen LogP contribution in [0.15, 0.2) is 22.8 Å². The minimum Gasteiger partial charge on any atom is -0.467 e. The van der Waals surface area contributed by atoms with Gasteiger partial charge in [-0.05, 0) is 25.0 Å². The summed E-state index contributed by atoms with van der Waals surface area (Å²) >= 11 is 0. The lowest BCUT2D eigenvalue weighted by Gasteiger charge is -2.15. The average molecular weight is 280 g/mol. The molecule has 1 heterocycles. The molecule has 1 aromatic rings. The maximum Gasteiger partial charge on any atom is 0.309 e. The number of amides is 2. The van der Waals surface area contributed by atoms with Crippen LogP contribution in [0.5, 0.6) is 0 Å². The maximum absolute atomic E-state index is 11.7. The number of carbonyl (C=O) groups excluding carboxylic acids is 2. The van der Waals surface area contributed by atoms with Crippen molar-refractivity contribution in [1.29, 1.82) is 0 Å². The van der Waals surface area contributed by atoms with Crippen molar-refractivity contribution in [2.45, 2.75) is 37.8 Å². The molecule has 0 bridgehead atoms. The molecule has 0 aliphatic heterocycles. The number of carbonyl (C=O) groups is 2. The Hall–Kier alpha value is -1.82. The maximum atomic E-state index is 11.7. The molecule has 0 aromatic carbocycles. The summed E-state index contributed by atoms with van der Waals surface area (Å²) in [6.45, 7) is 0.195. The summed E-state index contributed by atoms with van der Waals surface area (Å²) in [6, 6.07) is 3.64. The lowest BCUT2D eigenvalue weighted by atomic mass is 10.2. The molecule has 6 nitrogen and oxygen atoms in total. The molecule has 1 atom stereocenters. The first-order chi connectivity index (χ1) is 9.70. The van der Waals surface area contributed by atoms with Crippen LogP contribution in [-0.2, 0) is 14.3 Å². The Morgan fingerprint density at radius 2 is 2.15 bits per heavy atom. The monoisotopic (exact) mass is 280 g/mol. The Labute approximate surface area is 117 Å². The summed E-state index contributed by atoms with van der Waals surface area (Å²) in [4.78, 5) is 23.4. The molecule has 1 saturated carbocycles. The van der Waals surface area contributed by atoms with Gasteiger partial charge in [-0.2, -0.15) is 0 Å². The van der Waals surface area contributed by atoms with Gasteiger partial charge in [0.15, 0.2) is 0 Å². The predicted octanol–water partition coefficient (Wildman–Crippen LogP) is 1.14. The van der Waals surface area contributed by atoms with Gasteiger partial charge in [0.25, 0.3) is 0 Å². The molecule has 1 aliphatic rings. The molecule has 1 aliphatic carbocycles. The molecule has 0 saturated heterocycles. The molecule has 110 valence electrons. The van der Waals surface area contributed by atoms with Gasteiger partial charge < -0.3 is 19.8 Å². The first kappa shape index (κ1) is 14.6. The fraction of sp³-hybridized carbons (Fsp3) is 0.571. The Bertz CT molecular complexity index is 438. The van der Waals surface area contributed by atoms with Crippen LogP contribution in [0.4, 0.5) is 0 Å². The standard InChI is InChI=1S/C14H20N2O4/c1-19-12(11-7-4-8-20-11)9-15-13(17)14(18)16-10-5-2-3-6-10/h4,7-8,10,12H,2-3,5-6,9H2,1H3,(H,15,17)(H,16,18). The smallest absolute Gasteiger partial charge is 0.309 e. The van der Waals surface area contributed by atoms with E-state index in [2.05, 4.69) is 10.6 Å². The second kappa shape index (κ2) is 7.09. The van der Waals surface area contributed by atoms with E-state index in [0.29, 0.717) is 5.76 Å². The zero-order chi connectivity index (χ0) is 14.4. The number of furan rings is 1. The first-order valence-corrected chi connectivity index (χ1v) is 6.85. The molecule has 1 unspecified atom stereocenters. The molecule has 0 spiro atoms. The normalized spacial score (nSPS) is 16.9. The van der Waals surface area contributed by atoms with Crippen LogP contribution in [0, 0.1) is 0 Å². The highest BCUT2D eigenvalue weighted by Gasteiger charge is 2.22. The topological polar surface area (TPSA) is 80.6 Å². The second-order valence-electron chi connectivity index (χ2n) is 4.90. The van der Waals surface area contributed by atoms with Gasteiger partial charge in [0, 0.05) is 13.2 Å². The summed E-state index contributed by atoms with van der Waals surface area (Å²) in [5, 5.41) is 5.30. The van der Waals surface area contributed by atoms with Gasteiger partial charge in [0.1, 0.15) is 11.9 Å². The van der Waals surface area contributed by atoms with Crippen molar-refractivity contribution in [3.63, 3.8) is 0 Å².